The maximum atomic E-state index is 6.26. The van der Waals surface area contributed by atoms with Gasteiger partial charge in [0.2, 0.25) is 0 Å². The van der Waals surface area contributed by atoms with Crippen molar-refractivity contribution < 1.29 is 0 Å². The van der Waals surface area contributed by atoms with E-state index in [1.54, 1.807) is 11.3 Å². The van der Waals surface area contributed by atoms with Crippen molar-refractivity contribution in [2.45, 2.75) is 25.8 Å². The predicted molar refractivity (Wildman–Crippen MR) is 80.0 cm³/mol. The first-order chi connectivity index (χ1) is 9.16. The summed E-state index contributed by atoms with van der Waals surface area (Å²) in [6.07, 6.45) is 0. The van der Waals surface area contributed by atoms with Crippen molar-refractivity contribution in [3.05, 3.63) is 46.2 Å². The van der Waals surface area contributed by atoms with Gasteiger partial charge in [-0.25, -0.2) is 9.97 Å². The molecular formula is C14H14ClN3S. The third-order valence-corrected chi connectivity index (χ3v) is 4.30. The van der Waals surface area contributed by atoms with Gasteiger partial charge in [0.25, 0.3) is 0 Å². The average Bonchev–Trinajstić information content (AvgIpc) is 2.95. The topological polar surface area (TPSA) is 30.7 Å². The van der Waals surface area contributed by atoms with Crippen LogP contribution in [0.3, 0.4) is 0 Å². The van der Waals surface area contributed by atoms with Crippen molar-refractivity contribution in [3.8, 4) is 0 Å². The molecule has 3 nitrogen and oxygen atoms in total. The maximum absolute atomic E-state index is 6.26. The number of rotatable bonds is 3. The molecule has 3 rings (SSSR count). The Kier molecular flexibility index (Phi) is 3.29. The molecule has 1 unspecified atom stereocenters. The number of fused-ring (bicyclic) bond motifs is 1. The summed E-state index contributed by atoms with van der Waals surface area (Å²) in [6.45, 7) is 4.77. The molecule has 0 amide bonds. The number of nitrogens with zero attached hydrogens (tertiary/aromatic N) is 3. The lowest BCUT2D eigenvalue weighted by Crippen LogP contribution is -2.05. The normalized spacial score (nSPS) is 13.0. The Morgan fingerprint density at radius 1 is 1.37 bits per heavy atom. The minimum absolute atomic E-state index is 0.111. The largest absolute Gasteiger partial charge is 0.321 e. The minimum Gasteiger partial charge on any atom is -0.321 e. The molecule has 0 saturated carbocycles. The Bertz CT molecular complexity index is 714. The molecule has 3 aromatic rings. The fourth-order valence-electron chi connectivity index (χ4n) is 2.19. The molecular weight excluding hydrogens is 278 g/mol. The van der Waals surface area contributed by atoms with Crippen molar-refractivity contribution in [1.82, 2.24) is 14.5 Å². The van der Waals surface area contributed by atoms with Crippen LogP contribution < -0.4 is 0 Å². The minimum atomic E-state index is -0.111. The monoisotopic (exact) mass is 291 g/mol. The van der Waals surface area contributed by atoms with Crippen LogP contribution in [-0.2, 0) is 6.54 Å². The highest BCUT2D eigenvalue weighted by molar-refractivity contribution is 7.09. The second-order valence-corrected chi connectivity index (χ2v) is 6.12. The molecule has 5 heteroatoms. The van der Waals surface area contributed by atoms with Crippen LogP contribution in [0.25, 0.3) is 11.0 Å². The Morgan fingerprint density at radius 2 is 2.16 bits per heavy atom. The Hall–Kier alpha value is -1.39. The third kappa shape index (κ3) is 2.26. The molecule has 2 heterocycles. The molecule has 98 valence electrons. The predicted octanol–water partition coefficient (Wildman–Crippen LogP) is 4.15. The van der Waals surface area contributed by atoms with Crippen LogP contribution >= 0.6 is 22.9 Å². The van der Waals surface area contributed by atoms with E-state index in [1.165, 1.54) is 4.88 Å². The van der Waals surface area contributed by atoms with E-state index in [1.807, 2.05) is 37.6 Å². The SMILES string of the molecule is Cc1ncsc1Cn1c(C(C)Cl)nc2ccccc21. The zero-order chi connectivity index (χ0) is 13.4. The van der Waals surface area contributed by atoms with Gasteiger partial charge in [0.15, 0.2) is 0 Å². The van der Waals surface area contributed by atoms with Crippen molar-refractivity contribution in [1.29, 1.82) is 0 Å². The second-order valence-electron chi connectivity index (χ2n) is 4.52. The summed E-state index contributed by atoms with van der Waals surface area (Å²) in [5, 5.41) is -0.111. The summed E-state index contributed by atoms with van der Waals surface area (Å²) >= 11 is 7.94. The van der Waals surface area contributed by atoms with E-state index in [2.05, 4.69) is 20.6 Å². The quantitative estimate of drug-likeness (QED) is 0.679. The fourth-order valence-corrected chi connectivity index (χ4v) is 3.12. The van der Waals surface area contributed by atoms with E-state index in [9.17, 15) is 0 Å². The molecule has 0 aliphatic rings. The third-order valence-electron chi connectivity index (χ3n) is 3.19. The van der Waals surface area contributed by atoms with E-state index in [4.69, 9.17) is 11.6 Å². The summed E-state index contributed by atoms with van der Waals surface area (Å²) < 4.78 is 2.19. The van der Waals surface area contributed by atoms with Gasteiger partial charge in [-0.3, -0.25) is 0 Å². The second kappa shape index (κ2) is 4.94. The Morgan fingerprint density at radius 3 is 2.84 bits per heavy atom. The van der Waals surface area contributed by atoms with E-state index in [-0.39, 0.29) is 5.38 Å². The van der Waals surface area contributed by atoms with Crippen molar-refractivity contribution >= 4 is 34.0 Å². The molecule has 0 bridgehead atoms. The first-order valence-corrected chi connectivity index (χ1v) is 7.46. The first-order valence-electron chi connectivity index (χ1n) is 6.15. The van der Waals surface area contributed by atoms with Crippen LogP contribution in [0.4, 0.5) is 0 Å². The van der Waals surface area contributed by atoms with Gasteiger partial charge in [-0.05, 0) is 26.0 Å². The first kappa shape index (κ1) is 12.6. The van der Waals surface area contributed by atoms with E-state index in [0.717, 1.165) is 29.1 Å². The van der Waals surface area contributed by atoms with Gasteiger partial charge < -0.3 is 4.57 Å². The Balaban J connectivity index is 2.15. The van der Waals surface area contributed by atoms with Crippen LogP contribution in [0, 0.1) is 6.92 Å². The molecule has 0 aliphatic carbocycles. The highest BCUT2D eigenvalue weighted by Crippen LogP contribution is 2.26. The number of halogens is 1. The number of benzene rings is 1. The summed E-state index contributed by atoms with van der Waals surface area (Å²) in [6, 6.07) is 8.14. The zero-order valence-corrected chi connectivity index (χ0v) is 12.4. The summed E-state index contributed by atoms with van der Waals surface area (Å²) in [5.74, 6) is 0.913. The number of alkyl halides is 1. The molecule has 0 spiro atoms. The molecule has 0 aliphatic heterocycles. The highest BCUT2D eigenvalue weighted by atomic mass is 35.5. The lowest BCUT2D eigenvalue weighted by Gasteiger charge is -2.09. The van der Waals surface area contributed by atoms with Gasteiger partial charge in [0.05, 0.1) is 34.2 Å². The zero-order valence-electron chi connectivity index (χ0n) is 10.8. The molecule has 2 aromatic heterocycles. The van der Waals surface area contributed by atoms with Gasteiger partial charge in [-0.15, -0.1) is 22.9 Å². The number of thiazole rings is 1. The Labute approximate surface area is 120 Å². The standard InChI is InChI=1S/C14H14ClN3S/c1-9(15)14-17-11-5-3-4-6-12(11)18(14)7-13-10(2)16-8-19-13/h3-6,8-9H,7H2,1-2H3. The molecule has 0 radical (unpaired) electrons. The van der Waals surface area contributed by atoms with Crippen molar-refractivity contribution in [2.75, 3.05) is 0 Å². The molecule has 0 fully saturated rings. The van der Waals surface area contributed by atoms with Crippen LogP contribution in [0.2, 0.25) is 0 Å². The molecule has 1 aromatic carbocycles. The van der Waals surface area contributed by atoms with Gasteiger partial charge in [0.1, 0.15) is 5.82 Å². The van der Waals surface area contributed by atoms with E-state index < -0.39 is 0 Å². The maximum Gasteiger partial charge on any atom is 0.128 e. The highest BCUT2D eigenvalue weighted by Gasteiger charge is 2.16. The smallest absolute Gasteiger partial charge is 0.128 e. The summed E-state index contributed by atoms with van der Waals surface area (Å²) in [5.41, 5.74) is 5.08. The fraction of sp³-hybridized carbons (Fsp3) is 0.286. The number of imidazole rings is 1. The lowest BCUT2D eigenvalue weighted by atomic mass is 10.3. The van der Waals surface area contributed by atoms with Crippen molar-refractivity contribution in [2.24, 2.45) is 0 Å². The van der Waals surface area contributed by atoms with Gasteiger partial charge in [-0.2, -0.15) is 0 Å². The van der Waals surface area contributed by atoms with E-state index >= 15 is 0 Å². The molecule has 0 saturated heterocycles. The number of hydrogen-bond acceptors (Lipinski definition) is 3. The number of aryl methyl sites for hydroxylation is 1. The number of aromatic nitrogens is 3. The van der Waals surface area contributed by atoms with Gasteiger partial charge >= 0.3 is 0 Å². The summed E-state index contributed by atoms with van der Waals surface area (Å²) in [4.78, 5) is 10.2. The number of para-hydroxylation sites is 2. The van der Waals surface area contributed by atoms with Crippen molar-refractivity contribution in [3.63, 3.8) is 0 Å². The summed E-state index contributed by atoms with van der Waals surface area (Å²) in [7, 11) is 0. The van der Waals surface area contributed by atoms with Crippen LogP contribution in [0.5, 0.6) is 0 Å². The average molecular weight is 292 g/mol. The lowest BCUT2D eigenvalue weighted by molar-refractivity contribution is 0.746. The van der Waals surface area contributed by atoms with Gasteiger partial charge in [-0.1, -0.05) is 12.1 Å². The molecule has 19 heavy (non-hydrogen) atoms. The molecule has 0 N–H and O–H groups in total. The molecule has 1 atom stereocenters. The van der Waals surface area contributed by atoms with Crippen LogP contribution in [0.1, 0.15) is 28.7 Å². The number of hydrogen-bond donors (Lipinski definition) is 0. The van der Waals surface area contributed by atoms with E-state index in [0.29, 0.717) is 0 Å². The van der Waals surface area contributed by atoms with Crippen LogP contribution in [-0.4, -0.2) is 14.5 Å². The van der Waals surface area contributed by atoms with Gasteiger partial charge in [0, 0.05) is 4.88 Å². The van der Waals surface area contributed by atoms with Crippen LogP contribution in [0.15, 0.2) is 29.8 Å².